The van der Waals surface area contributed by atoms with Crippen molar-refractivity contribution in [3.05, 3.63) is 77.3 Å². The highest BCUT2D eigenvalue weighted by Crippen LogP contribution is 2.31. The molecule has 0 aromatic heterocycles. The van der Waals surface area contributed by atoms with Crippen molar-refractivity contribution in [2.24, 2.45) is 0 Å². The van der Waals surface area contributed by atoms with Gasteiger partial charge in [-0.3, -0.25) is 9.44 Å². The third-order valence-corrected chi connectivity index (χ3v) is 7.40. The number of hydrogen-bond donors (Lipinski definition) is 2. The van der Waals surface area contributed by atoms with Gasteiger partial charge in [-0.2, -0.15) is 0 Å². The summed E-state index contributed by atoms with van der Waals surface area (Å²) in [5.74, 6) is 0.327. The summed E-state index contributed by atoms with van der Waals surface area (Å²) < 4.78 is 60.9. The Morgan fingerprint density at radius 1 is 0.833 bits per heavy atom. The zero-order valence-electron chi connectivity index (χ0n) is 16.1. The average Bonchev–Trinajstić information content (AvgIpc) is 2.69. The van der Waals surface area contributed by atoms with Crippen molar-refractivity contribution >= 4 is 43.0 Å². The molecular formula is C20H19ClN2O5S2. The van der Waals surface area contributed by atoms with E-state index in [0.29, 0.717) is 5.75 Å². The maximum absolute atomic E-state index is 12.9. The third-order valence-electron chi connectivity index (χ3n) is 4.16. The predicted molar refractivity (Wildman–Crippen MR) is 117 cm³/mol. The Balaban J connectivity index is 1.94. The zero-order valence-corrected chi connectivity index (χ0v) is 18.5. The van der Waals surface area contributed by atoms with Crippen molar-refractivity contribution in [3.63, 3.8) is 0 Å². The summed E-state index contributed by atoms with van der Waals surface area (Å²) in [5, 5.41) is -0.0596. The molecule has 158 valence electrons. The van der Waals surface area contributed by atoms with Crippen LogP contribution in [-0.4, -0.2) is 23.9 Å². The Hall–Kier alpha value is -2.75. The van der Waals surface area contributed by atoms with Gasteiger partial charge >= 0.3 is 0 Å². The standard InChI is InChI=1S/C20H19ClN2O5S2/c1-14-7-10-16(11-8-14)29(24,25)22-15-9-12-17(21)20(13-15)30(26,27)23-18-5-3-4-6-19(18)28-2/h3-13,22-23H,1-2H3. The highest BCUT2D eigenvalue weighted by molar-refractivity contribution is 7.93. The van der Waals surface area contributed by atoms with Gasteiger partial charge in [0.15, 0.2) is 0 Å². The molecule has 30 heavy (non-hydrogen) atoms. The Bertz CT molecular complexity index is 1270. The lowest BCUT2D eigenvalue weighted by atomic mass is 10.2. The van der Waals surface area contributed by atoms with Crippen molar-refractivity contribution in [2.45, 2.75) is 16.7 Å². The molecular weight excluding hydrogens is 448 g/mol. The fraction of sp³-hybridized carbons (Fsp3) is 0.100. The highest BCUT2D eigenvalue weighted by Gasteiger charge is 2.22. The number of anilines is 2. The number of sulfonamides is 2. The van der Waals surface area contributed by atoms with Crippen molar-refractivity contribution in [1.29, 1.82) is 0 Å². The monoisotopic (exact) mass is 466 g/mol. The van der Waals surface area contributed by atoms with Crippen LogP contribution in [0.1, 0.15) is 5.56 Å². The van der Waals surface area contributed by atoms with Crippen LogP contribution < -0.4 is 14.2 Å². The molecule has 3 aromatic rings. The van der Waals surface area contributed by atoms with Crippen molar-refractivity contribution in [3.8, 4) is 5.75 Å². The molecule has 10 heteroatoms. The first-order chi connectivity index (χ1) is 14.1. The summed E-state index contributed by atoms with van der Waals surface area (Å²) in [6.07, 6.45) is 0. The molecule has 0 bridgehead atoms. The van der Waals surface area contributed by atoms with E-state index in [1.165, 1.54) is 37.4 Å². The summed E-state index contributed by atoms with van der Waals surface area (Å²) in [7, 11) is -6.61. The average molecular weight is 467 g/mol. The number of para-hydroxylation sites is 2. The van der Waals surface area contributed by atoms with Crippen LogP contribution in [0.3, 0.4) is 0 Å². The Kier molecular flexibility index (Phi) is 6.25. The highest BCUT2D eigenvalue weighted by atomic mass is 35.5. The van der Waals surface area contributed by atoms with E-state index < -0.39 is 20.0 Å². The SMILES string of the molecule is COc1ccccc1NS(=O)(=O)c1cc(NS(=O)(=O)c2ccc(C)cc2)ccc1Cl. The molecule has 2 N–H and O–H groups in total. The number of rotatable bonds is 7. The molecule has 0 saturated carbocycles. The predicted octanol–water partition coefficient (Wildman–Crippen LogP) is 4.26. The number of nitrogens with one attached hydrogen (secondary N) is 2. The van der Waals surface area contributed by atoms with Gasteiger partial charge in [-0.25, -0.2) is 16.8 Å². The van der Waals surface area contributed by atoms with Gasteiger partial charge in [0.2, 0.25) is 0 Å². The summed E-state index contributed by atoms with van der Waals surface area (Å²) in [6, 6.07) is 16.6. The number of hydrogen-bond acceptors (Lipinski definition) is 5. The van der Waals surface area contributed by atoms with E-state index in [9.17, 15) is 16.8 Å². The van der Waals surface area contributed by atoms with Crippen LogP contribution in [0.4, 0.5) is 11.4 Å². The lowest BCUT2D eigenvalue weighted by Gasteiger charge is -2.14. The minimum Gasteiger partial charge on any atom is -0.495 e. The van der Waals surface area contributed by atoms with Crippen LogP contribution in [-0.2, 0) is 20.0 Å². The zero-order chi connectivity index (χ0) is 21.9. The van der Waals surface area contributed by atoms with E-state index in [-0.39, 0.29) is 26.2 Å². The third kappa shape index (κ3) is 4.86. The van der Waals surface area contributed by atoms with Gasteiger partial charge in [-0.1, -0.05) is 41.4 Å². The first-order valence-corrected chi connectivity index (χ1v) is 12.0. The second kappa shape index (κ2) is 8.55. The Morgan fingerprint density at radius 2 is 1.50 bits per heavy atom. The molecule has 0 aliphatic rings. The number of ether oxygens (including phenoxy) is 1. The molecule has 0 amide bonds. The normalized spacial score (nSPS) is 11.7. The lowest BCUT2D eigenvalue weighted by molar-refractivity contribution is 0.417. The molecule has 0 aliphatic heterocycles. The van der Waals surface area contributed by atoms with Gasteiger partial charge in [0, 0.05) is 0 Å². The molecule has 0 atom stereocenters. The van der Waals surface area contributed by atoms with Gasteiger partial charge in [-0.15, -0.1) is 0 Å². The molecule has 0 saturated heterocycles. The summed E-state index contributed by atoms with van der Waals surface area (Å²) in [5.41, 5.74) is 1.19. The molecule has 0 fully saturated rings. The smallest absolute Gasteiger partial charge is 0.263 e. The minimum atomic E-state index is -4.12. The Morgan fingerprint density at radius 3 is 2.17 bits per heavy atom. The van der Waals surface area contributed by atoms with Gasteiger partial charge in [-0.05, 0) is 49.4 Å². The van der Waals surface area contributed by atoms with E-state index in [1.807, 2.05) is 6.92 Å². The number of halogens is 1. The maximum Gasteiger partial charge on any atom is 0.263 e. The topological polar surface area (TPSA) is 102 Å². The molecule has 0 heterocycles. The van der Waals surface area contributed by atoms with E-state index in [0.717, 1.165) is 11.6 Å². The first-order valence-electron chi connectivity index (χ1n) is 8.67. The van der Waals surface area contributed by atoms with Gasteiger partial charge in [0.1, 0.15) is 10.6 Å². The second-order valence-electron chi connectivity index (χ2n) is 6.37. The summed E-state index contributed by atoms with van der Waals surface area (Å²) in [6.45, 7) is 1.84. The number of benzene rings is 3. The summed E-state index contributed by atoms with van der Waals surface area (Å²) in [4.78, 5) is -0.223. The molecule has 3 aromatic carbocycles. The van der Waals surface area contributed by atoms with E-state index in [1.54, 1.807) is 30.3 Å². The second-order valence-corrected chi connectivity index (χ2v) is 10.1. The van der Waals surface area contributed by atoms with Gasteiger partial charge in [0.25, 0.3) is 20.0 Å². The number of methoxy groups -OCH3 is 1. The van der Waals surface area contributed by atoms with Crippen LogP contribution in [0.15, 0.2) is 76.5 Å². The van der Waals surface area contributed by atoms with Crippen LogP contribution in [0.25, 0.3) is 0 Å². The van der Waals surface area contributed by atoms with E-state index >= 15 is 0 Å². The molecule has 0 aliphatic carbocycles. The van der Waals surface area contributed by atoms with Crippen LogP contribution in [0.2, 0.25) is 5.02 Å². The lowest BCUT2D eigenvalue weighted by Crippen LogP contribution is -2.16. The first kappa shape index (κ1) is 21.9. The molecule has 0 spiro atoms. The Labute approximate surface area is 180 Å². The van der Waals surface area contributed by atoms with Gasteiger partial charge in [0.05, 0.1) is 28.4 Å². The molecule has 7 nitrogen and oxygen atoms in total. The largest absolute Gasteiger partial charge is 0.495 e. The molecule has 0 radical (unpaired) electrons. The fourth-order valence-corrected chi connectivity index (χ4v) is 5.28. The van der Waals surface area contributed by atoms with Crippen LogP contribution in [0, 0.1) is 6.92 Å². The number of aryl methyl sites for hydroxylation is 1. The van der Waals surface area contributed by atoms with Crippen LogP contribution in [0.5, 0.6) is 5.75 Å². The summed E-state index contributed by atoms with van der Waals surface area (Å²) >= 11 is 6.10. The van der Waals surface area contributed by atoms with Gasteiger partial charge < -0.3 is 4.74 Å². The fourth-order valence-electron chi connectivity index (χ4n) is 2.63. The van der Waals surface area contributed by atoms with E-state index in [4.69, 9.17) is 16.3 Å². The van der Waals surface area contributed by atoms with Crippen molar-refractivity contribution < 1.29 is 21.6 Å². The van der Waals surface area contributed by atoms with E-state index in [2.05, 4.69) is 9.44 Å². The van der Waals surface area contributed by atoms with Crippen molar-refractivity contribution in [1.82, 2.24) is 0 Å². The van der Waals surface area contributed by atoms with Crippen molar-refractivity contribution in [2.75, 3.05) is 16.6 Å². The van der Waals surface area contributed by atoms with Crippen LogP contribution >= 0.6 is 11.6 Å². The maximum atomic E-state index is 12.9. The quantitative estimate of drug-likeness (QED) is 0.541. The molecule has 3 rings (SSSR count). The minimum absolute atomic E-state index is 0.0552. The molecule has 0 unspecified atom stereocenters.